The van der Waals surface area contributed by atoms with Gasteiger partial charge in [0.1, 0.15) is 18.1 Å². The third-order valence-corrected chi connectivity index (χ3v) is 4.34. The highest BCUT2D eigenvalue weighted by Crippen LogP contribution is 2.35. The molecule has 1 aliphatic rings. The molecule has 1 N–H and O–H groups in total. The lowest BCUT2D eigenvalue weighted by atomic mass is 10.1. The van der Waals surface area contributed by atoms with Crippen LogP contribution in [0.1, 0.15) is 24.2 Å². The van der Waals surface area contributed by atoms with Crippen LogP contribution in [0.3, 0.4) is 0 Å². The van der Waals surface area contributed by atoms with E-state index >= 15 is 0 Å². The van der Waals surface area contributed by atoms with E-state index in [4.69, 9.17) is 4.74 Å². The molecular weight excluding hydrogens is 402 g/mol. The highest BCUT2D eigenvalue weighted by Gasteiger charge is 2.33. The molecule has 8 heteroatoms. The average molecular weight is 418 g/mol. The molecule has 0 aliphatic carbocycles. The fourth-order valence-electron chi connectivity index (χ4n) is 2.56. The van der Waals surface area contributed by atoms with Gasteiger partial charge in [-0.25, -0.2) is 4.98 Å². The molecule has 2 amide bonds. The molecule has 0 spiro atoms. The minimum atomic E-state index is -0.718. The Morgan fingerprint density at radius 3 is 2.73 bits per heavy atom. The number of nitrogens with one attached hydrogen (secondary N) is 1. The maximum Gasteiger partial charge on any atom is 0.268 e. The number of ether oxygens (including phenoxy) is 1. The van der Waals surface area contributed by atoms with Gasteiger partial charge in [-0.15, -0.1) is 0 Å². The Kier molecular flexibility index (Phi) is 5.03. The molecular formula is C18H16BrN3O4. The number of amides is 2. The van der Waals surface area contributed by atoms with E-state index in [1.807, 2.05) is 0 Å². The minimum Gasteiger partial charge on any atom is -0.479 e. The zero-order chi connectivity index (χ0) is 18.8. The maximum absolute atomic E-state index is 12.5. The van der Waals surface area contributed by atoms with Crippen LogP contribution in [0.25, 0.3) is 0 Å². The fraction of sp³-hybridized carbons (Fsp3) is 0.222. The van der Waals surface area contributed by atoms with Crippen molar-refractivity contribution in [3.05, 3.63) is 46.6 Å². The number of benzene rings is 1. The molecule has 0 bridgehead atoms. The average Bonchev–Trinajstić information content (AvgIpc) is 2.60. The Morgan fingerprint density at radius 2 is 2.08 bits per heavy atom. The van der Waals surface area contributed by atoms with Crippen molar-refractivity contribution < 1.29 is 19.1 Å². The van der Waals surface area contributed by atoms with Crippen LogP contribution < -0.4 is 15.0 Å². The van der Waals surface area contributed by atoms with E-state index in [9.17, 15) is 14.4 Å². The molecule has 0 radical (unpaired) electrons. The van der Waals surface area contributed by atoms with Gasteiger partial charge in [0.2, 0.25) is 5.91 Å². The van der Waals surface area contributed by atoms with Crippen LogP contribution in [0.2, 0.25) is 0 Å². The number of Topliss-reactive ketones (excluding diaryl/α,β-unsaturated/α-hetero) is 1. The van der Waals surface area contributed by atoms with Crippen LogP contribution in [0.4, 0.5) is 11.5 Å². The lowest BCUT2D eigenvalue weighted by molar-refractivity contribution is -0.127. The molecule has 0 saturated carbocycles. The van der Waals surface area contributed by atoms with E-state index in [0.717, 1.165) is 4.47 Å². The van der Waals surface area contributed by atoms with Gasteiger partial charge < -0.3 is 10.1 Å². The van der Waals surface area contributed by atoms with Crippen molar-refractivity contribution in [2.75, 3.05) is 16.8 Å². The van der Waals surface area contributed by atoms with Gasteiger partial charge in [0.15, 0.2) is 11.9 Å². The summed E-state index contributed by atoms with van der Waals surface area (Å²) in [6.07, 6.45) is 0.843. The summed E-state index contributed by atoms with van der Waals surface area (Å²) in [6.45, 7) is 2.84. The van der Waals surface area contributed by atoms with Crippen molar-refractivity contribution in [1.29, 1.82) is 0 Å². The molecule has 2 aromatic rings. The first kappa shape index (κ1) is 18.1. The van der Waals surface area contributed by atoms with Gasteiger partial charge in [-0.1, -0.05) is 0 Å². The highest BCUT2D eigenvalue weighted by molar-refractivity contribution is 9.10. The standard InChI is InChI=1S/C18H16BrN3O4/c1-10(23)12-3-5-15-14(7-12)22(18(25)11(2)26-15)9-17(24)21-16-6-4-13(19)8-20-16/h3-8,11H,9H2,1-2H3,(H,20,21,24). The molecule has 7 nitrogen and oxygen atoms in total. The van der Waals surface area contributed by atoms with Gasteiger partial charge in [-0.2, -0.15) is 0 Å². The number of halogens is 1. The van der Waals surface area contributed by atoms with Crippen molar-refractivity contribution in [3.63, 3.8) is 0 Å². The second kappa shape index (κ2) is 7.25. The lowest BCUT2D eigenvalue weighted by Crippen LogP contribution is -2.47. The molecule has 0 fully saturated rings. The van der Waals surface area contributed by atoms with Crippen LogP contribution in [0, 0.1) is 0 Å². The van der Waals surface area contributed by atoms with Gasteiger partial charge in [0.05, 0.1) is 5.69 Å². The van der Waals surface area contributed by atoms with E-state index in [1.54, 1.807) is 43.5 Å². The van der Waals surface area contributed by atoms with Crippen molar-refractivity contribution in [3.8, 4) is 5.75 Å². The second-order valence-corrected chi connectivity index (χ2v) is 6.75. The number of anilines is 2. The summed E-state index contributed by atoms with van der Waals surface area (Å²) in [5.41, 5.74) is 0.842. The van der Waals surface area contributed by atoms with E-state index in [0.29, 0.717) is 22.8 Å². The van der Waals surface area contributed by atoms with Crippen LogP contribution in [0.15, 0.2) is 41.0 Å². The largest absolute Gasteiger partial charge is 0.479 e. The zero-order valence-electron chi connectivity index (χ0n) is 14.2. The summed E-state index contributed by atoms with van der Waals surface area (Å²) in [6, 6.07) is 8.23. The van der Waals surface area contributed by atoms with Crippen molar-refractivity contribution in [2.24, 2.45) is 0 Å². The number of rotatable bonds is 4. The zero-order valence-corrected chi connectivity index (χ0v) is 15.7. The molecule has 3 rings (SSSR count). The summed E-state index contributed by atoms with van der Waals surface area (Å²) in [4.78, 5) is 41.9. The summed E-state index contributed by atoms with van der Waals surface area (Å²) in [5, 5.41) is 2.65. The Balaban J connectivity index is 1.85. The van der Waals surface area contributed by atoms with Gasteiger partial charge in [-0.05, 0) is 60.1 Å². The molecule has 134 valence electrons. The number of pyridine rings is 1. The van der Waals surface area contributed by atoms with Crippen LogP contribution >= 0.6 is 15.9 Å². The van der Waals surface area contributed by atoms with E-state index < -0.39 is 12.0 Å². The van der Waals surface area contributed by atoms with Gasteiger partial charge in [0, 0.05) is 16.2 Å². The number of carbonyl (C=O) groups is 3. The summed E-state index contributed by atoms with van der Waals surface area (Å²) < 4.78 is 6.36. The monoisotopic (exact) mass is 417 g/mol. The number of hydrogen-bond donors (Lipinski definition) is 1. The second-order valence-electron chi connectivity index (χ2n) is 5.83. The number of hydrogen-bond acceptors (Lipinski definition) is 5. The van der Waals surface area contributed by atoms with Crippen LogP contribution in [-0.2, 0) is 9.59 Å². The van der Waals surface area contributed by atoms with E-state index in [-0.39, 0.29) is 18.2 Å². The van der Waals surface area contributed by atoms with Crippen LogP contribution in [-0.4, -0.2) is 35.2 Å². The summed E-state index contributed by atoms with van der Waals surface area (Å²) in [5.74, 6) is -0.0535. The van der Waals surface area contributed by atoms with E-state index in [2.05, 4.69) is 26.2 Å². The Bertz CT molecular complexity index is 883. The fourth-order valence-corrected chi connectivity index (χ4v) is 2.80. The first-order chi connectivity index (χ1) is 12.3. The third kappa shape index (κ3) is 3.75. The Labute approximate surface area is 158 Å². The first-order valence-electron chi connectivity index (χ1n) is 7.89. The predicted octanol–water partition coefficient (Wildman–Crippen LogP) is 2.80. The van der Waals surface area contributed by atoms with Crippen molar-refractivity contribution in [1.82, 2.24) is 4.98 Å². The maximum atomic E-state index is 12.5. The number of fused-ring (bicyclic) bond motifs is 1. The Morgan fingerprint density at radius 1 is 1.31 bits per heavy atom. The van der Waals surface area contributed by atoms with Crippen molar-refractivity contribution in [2.45, 2.75) is 20.0 Å². The number of aromatic nitrogens is 1. The molecule has 1 aliphatic heterocycles. The normalized spacial score (nSPS) is 15.9. The van der Waals surface area contributed by atoms with Crippen molar-refractivity contribution >= 4 is 45.0 Å². The molecule has 2 heterocycles. The molecule has 1 atom stereocenters. The van der Waals surface area contributed by atoms with Gasteiger partial charge in [0.25, 0.3) is 5.91 Å². The molecule has 26 heavy (non-hydrogen) atoms. The molecule has 1 aromatic heterocycles. The molecule has 1 unspecified atom stereocenters. The lowest BCUT2D eigenvalue weighted by Gasteiger charge is -2.32. The first-order valence-corrected chi connectivity index (χ1v) is 8.69. The van der Waals surface area contributed by atoms with Gasteiger partial charge >= 0.3 is 0 Å². The minimum absolute atomic E-state index is 0.137. The SMILES string of the molecule is CC(=O)c1ccc2c(c1)N(CC(=O)Nc1ccc(Br)cn1)C(=O)C(C)O2. The quantitative estimate of drug-likeness (QED) is 0.772. The predicted molar refractivity (Wildman–Crippen MR) is 99.5 cm³/mol. The summed E-state index contributed by atoms with van der Waals surface area (Å²) >= 11 is 3.27. The molecule has 0 saturated heterocycles. The highest BCUT2D eigenvalue weighted by atomic mass is 79.9. The number of nitrogens with zero attached hydrogens (tertiary/aromatic N) is 2. The third-order valence-electron chi connectivity index (χ3n) is 3.87. The molecule has 1 aromatic carbocycles. The van der Waals surface area contributed by atoms with Gasteiger partial charge in [-0.3, -0.25) is 19.3 Å². The Hall–Kier alpha value is -2.74. The van der Waals surface area contributed by atoms with Crippen LogP contribution in [0.5, 0.6) is 5.75 Å². The number of ketones is 1. The topological polar surface area (TPSA) is 88.6 Å². The van der Waals surface area contributed by atoms with E-state index in [1.165, 1.54) is 11.8 Å². The smallest absolute Gasteiger partial charge is 0.268 e. The number of carbonyl (C=O) groups excluding carboxylic acids is 3. The summed E-state index contributed by atoms with van der Waals surface area (Å²) in [7, 11) is 0.